The molecular formula is C22H24BrNO2. The van der Waals surface area contributed by atoms with E-state index in [1.807, 2.05) is 48.5 Å². The number of rotatable bonds is 8. The first kappa shape index (κ1) is 17.7. The van der Waals surface area contributed by atoms with Crippen molar-refractivity contribution in [1.82, 2.24) is 4.90 Å². The third-order valence-electron chi connectivity index (χ3n) is 5.45. The minimum Gasteiger partial charge on any atom is -0.493 e. The third kappa shape index (κ3) is 4.36. The molecule has 0 radical (unpaired) electrons. The molecule has 2 aromatic carbocycles. The molecule has 2 fully saturated rings. The number of halogens is 1. The summed E-state index contributed by atoms with van der Waals surface area (Å²) in [6, 6.07) is 15.8. The van der Waals surface area contributed by atoms with Crippen molar-refractivity contribution in [3.63, 3.8) is 0 Å². The van der Waals surface area contributed by atoms with Crippen LogP contribution in [0.4, 0.5) is 0 Å². The lowest BCUT2D eigenvalue weighted by molar-refractivity contribution is 0.103. The second-order valence-corrected chi connectivity index (χ2v) is 8.51. The van der Waals surface area contributed by atoms with Gasteiger partial charge in [0.25, 0.3) is 0 Å². The Kier molecular flexibility index (Phi) is 5.14. The van der Waals surface area contributed by atoms with Crippen molar-refractivity contribution in [1.29, 1.82) is 0 Å². The van der Waals surface area contributed by atoms with Crippen molar-refractivity contribution in [3.05, 3.63) is 64.1 Å². The molecule has 2 aromatic rings. The average molecular weight is 414 g/mol. The van der Waals surface area contributed by atoms with Crippen LogP contribution in [0.1, 0.15) is 35.2 Å². The second-order valence-electron chi connectivity index (χ2n) is 7.60. The van der Waals surface area contributed by atoms with Crippen LogP contribution in [-0.4, -0.2) is 36.9 Å². The van der Waals surface area contributed by atoms with Crippen molar-refractivity contribution in [2.24, 2.45) is 11.8 Å². The number of hydrogen-bond donors (Lipinski definition) is 0. The quantitative estimate of drug-likeness (QED) is 0.582. The molecular weight excluding hydrogens is 390 g/mol. The highest BCUT2D eigenvalue weighted by atomic mass is 79.9. The summed E-state index contributed by atoms with van der Waals surface area (Å²) in [5.41, 5.74) is 1.39. The second kappa shape index (κ2) is 7.53. The van der Waals surface area contributed by atoms with Crippen LogP contribution in [0, 0.1) is 11.8 Å². The minimum atomic E-state index is 0.0365. The number of hydrogen-bond acceptors (Lipinski definition) is 3. The van der Waals surface area contributed by atoms with E-state index in [2.05, 4.69) is 27.9 Å². The minimum absolute atomic E-state index is 0.0365. The van der Waals surface area contributed by atoms with E-state index in [0.717, 1.165) is 28.8 Å². The molecule has 0 amide bonds. The van der Waals surface area contributed by atoms with Crippen LogP contribution < -0.4 is 4.74 Å². The molecule has 0 N–H and O–H groups in total. The molecule has 2 saturated carbocycles. The Morgan fingerprint density at radius 2 is 1.65 bits per heavy atom. The molecule has 136 valence electrons. The molecule has 3 nitrogen and oxygen atoms in total. The highest BCUT2D eigenvalue weighted by molar-refractivity contribution is 9.10. The third-order valence-corrected chi connectivity index (χ3v) is 5.98. The normalized spacial score (nSPS) is 21.7. The van der Waals surface area contributed by atoms with Gasteiger partial charge in [0.2, 0.25) is 0 Å². The Bertz CT molecular complexity index is 768. The largest absolute Gasteiger partial charge is 0.493 e. The van der Waals surface area contributed by atoms with Gasteiger partial charge in [-0.1, -0.05) is 15.9 Å². The lowest BCUT2D eigenvalue weighted by atomic mass is 10.0. The van der Waals surface area contributed by atoms with E-state index in [1.165, 1.54) is 25.8 Å². The molecule has 0 aliphatic heterocycles. The molecule has 0 saturated heterocycles. The molecule has 2 aliphatic rings. The Hall–Kier alpha value is -1.65. The average Bonchev–Trinajstić information content (AvgIpc) is 3.56. The number of nitrogens with zero attached hydrogens (tertiary/aromatic N) is 1. The number of carbonyl (C=O) groups is 1. The van der Waals surface area contributed by atoms with Crippen LogP contribution in [0.15, 0.2) is 53.0 Å². The van der Waals surface area contributed by atoms with Crippen LogP contribution in [0.5, 0.6) is 5.75 Å². The summed E-state index contributed by atoms with van der Waals surface area (Å²) in [5.74, 6) is 2.35. The highest BCUT2D eigenvalue weighted by Gasteiger charge is 2.40. The standard InChI is InChI=1S/C22H24BrNO2/c1-24(20-8-9-20)13-17-12-18(17)14-26-21-10-4-16(5-11-21)22(25)15-2-6-19(23)7-3-15/h2-7,10-11,17-18,20H,8-9,12-14H2,1H3. The maximum absolute atomic E-state index is 12.5. The van der Waals surface area contributed by atoms with Gasteiger partial charge in [-0.2, -0.15) is 0 Å². The van der Waals surface area contributed by atoms with Crippen LogP contribution in [0.3, 0.4) is 0 Å². The molecule has 0 heterocycles. The Labute approximate surface area is 163 Å². The number of ketones is 1. The molecule has 26 heavy (non-hydrogen) atoms. The predicted octanol–water partition coefficient (Wildman–Crippen LogP) is 4.79. The summed E-state index contributed by atoms with van der Waals surface area (Å²) in [4.78, 5) is 15.0. The van der Waals surface area contributed by atoms with E-state index in [0.29, 0.717) is 17.0 Å². The molecule has 0 spiro atoms. The lowest BCUT2D eigenvalue weighted by Gasteiger charge is -2.15. The van der Waals surface area contributed by atoms with Crippen LogP contribution in [-0.2, 0) is 0 Å². The van der Waals surface area contributed by atoms with Gasteiger partial charge in [-0.3, -0.25) is 4.79 Å². The van der Waals surface area contributed by atoms with Crippen molar-refractivity contribution in [3.8, 4) is 5.75 Å². The van der Waals surface area contributed by atoms with Gasteiger partial charge < -0.3 is 9.64 Å². The van der Waals surface area contributed by atoms with Crippen LogP contribution in [0.2, 0.25) is 0 Å². The first-order chi connectivity index (χ1) is 12.6. The van der Waals surface area contributed by atoms with Gasteiger partial charge >= 0.3 is 0 Å². The van der Waals surface area contributed by atoms with Crippen molar-refractivity contribution < 1.29 is 9.53 Å². The van der Waals surface area contributed by atoms with Gasteiger partial charge in [-0.05, 0) is 86.7 Å². The van der Waals surface area contributed by atoms with Gasteiger partial charge in [-0.15, -0.1) is 0 Å². The molecule has 4 rings (SSSR count). The zero-order valence-electron chi connectivity index (χ0n) is 15.0. The zero-order valence-corrected chi connectivity index (χ0v) is 16.6. The summed E-state index contributed by atoms with van der Waals surface area (Å²) in [6.07, 6.45) is 4.02. The van der Waals surface area contributed by atoms with E-state index in [9.17, 15) is 4.79 Å². The Balaban J connectivity index is 1.27. The zero-order chi connectivity index (χ0) is 18.1. The topological polar surface area (TPSA) is 29.5 Å². The van der Waals surface area contributed by atoms with Gasteiger partial charge in [0.05, 0.1) is 6.61 Å². The van der Waals surface area contributed by atoms with E-state index in [4.69, 9.17) is 4.74 Å². The first-order valence-corrected chi connectivity index (χ1v) is 10.1. The van der Waals surface area contributed by atoms with Crippen LogP contribution in [0.25, 0.3) is 0 Å². The maximum Gasteiger partial charge on any atom is 0.193 e. The molecule has 0 aromatic heterocycles. The smallest absolute Gasteiger partial charge is 0.193 e. The maximum atomic E-state index is 12.5. The summed E-state index contributed by atoms with van der Waals surface area (Å²) in [7, 11) is 2.25. The summed E-state index contributed by atoms with van der Waals surface area (Å²) in [6.45, 7) is 1.99. The monoisotopic (exact) mass is 413 g/mol. The van der Waals surface area contributed by atoms with Crippen molar-refractivity contribution in [2.45, 2.75) is 25.3 Å². The number of benzene rings is 2. The van der Waals surface area contributed by atoms with Gasteiger partial charge in [0.1, 0.15) is 5.75 Å². The van der Waals surface area contributed by atoms with E-state index in [-0.39, 0.29) is 5.78 Å². The fourth-order valence-electron chi connectivity index (χ4n) is 3.45. The number of ether oxygens (including phenoxy) is 1. The fraction of sp³-hybridized carbons (Fsp3) is 0.409. The van der Waals surface area contributed by atoms with E-state index >= 15 is 0 Å². The van der Waals surface area contributed by atoms with E-state index in [1.54, 1.807) is 0 Å². The van der Waals surface area contributed by atoms with Crippen LogP contribution >= 0.6 is 15.9 Å². The molecule has 2 aliphatic carbocycles. The van der Waals surface area contributed by atoms with E-state index < -0.39 is 0 Å². The van der Waals surface area contributed by atoms with Crippen molar-refractivity contribution in [2.75, 3.05) is 20.2 Å². The van der Waals surface area contributed by atoms with Gasteiger partial charge in [0, 0.05) is 28.2 Å². The Morgan fingerprint density at radius 3 is 2.27 bits per heavy atom. The highest BCUT2D eigenvalue weighted by Crippen LogP contribution is 2.41. The molecule has 4 heteroatoms. The predicted molar refractivity (Wildman–Crippen MR) is 107 cm³/mol. The molecule has 2 atom stereocenters. The molecule has 2 unspecified atom stereocenters. The first-order valence-electron chi connectivity index (χ1n) is 9.33. The summed E-state index contributed by atoms with van der Waals surface area (Å²) < 4.78 is 6.91. The summed E-state index contributed by atoms with van der Waals surface area (Å²) in [5, 5.41) is 0. The van der Waals surface area contributed by atoms with Crippen molar-refractivity contribution >= 4 is 21.7 Å². The van der Waals surface area contributed by atoms with Gasteiger partial charge in [-0.25, -0.2) is 0 Å². The Morgan fingerprint density at radius 1 is 1.04 bits per heavy atom. The van der Waals surface area contributed by atoms with Gasteiger partial charge in [0.15, 0.2) is 5.78 Å². The molecule has 0 bridgehead atoms. The SMILES string of the molecule is CN(CC1CC1COc1ccc(C(=O)c2ccc(Br)cc2)cc1)C1CC1. The summed E-state index contributed by atoms with van der Waals surface area (Å²) >= 11 is 3.39. The number of carbonyl (C=O) groups excluding carboxylic acids is 1. The fourth-order valence-corrected chi connectivity index (χ4v) is 3.71. The lowest BCUT2D eigenvalue weighted by Crippen LogP contribution is -2.24.